The number of hydrogen-bond donors (Lipinski definition) is 2. The van der Waals surface area contributed by atoms with Gasteiger partial charge in [-0.1, -0.05) is 23.2 Å². The molecule has 0 unspecified atom stereocenters. The van der Waals surface area contributed by atoms with Crippen molar-refractivity contribution < 1.29 is 18.9 Å². The van der Waals surface area contributed by atoms with E-state index in [0.717, 1.165) is 18.2 Å². The molecule has 2 N–H and O–H groups in total. The first-order valence-electron chi connectivity index (χ1n) is 6.29. The zero-order chi connectivity index (χ0) is 17.9. The first kappa shape index (κ1) is 17.6. The maximum absolute atomic E-state index is 13.2. The van der Waals surface area contributed by atoms with Gasteiger partial charge in [0.15, 0.2) is 0 Å². The van der Waals surface area contributed by atoms with Crippen molar-refractivity contribution in [1.82, 2.24) is 10.9 Å². The molecule has 0 aliphatic carbocycles. The Kier molecular flexibility index (Phi) is 5.32. The third-order valence-electron chi connectivity index (χ3n) is 2.87. The highest BCUT2D eigenvalue weighted by Gasteiger charge is 2.18. The third kappa shape index (κ3) is 3.98. The summed E-state index contributed by atoms with van der Waals surface area (Å²) in [5.74, 6) is -2.69. The predicted molar refractivity (Wildman–Crippen MR) is 84.4 cm³/mol. The van der Waals surface area contributed by atoms with Crippen molar-refractivity contribution in [2.75, 3.05) is 0 Å². The van der Waals surface area contributed by atoms with E-state index in [1.54, 1.807) is 0 Å². The van der Waals surface area contributed by atoms with E-state index in [9.17, 15) is 24.1 Å². The van der Waals surface area contributed by atoms with Crippen molar-refractivity contribution in [2.24, 2.45) is 0 Å². The first-order valence-corrected chi connectivity index (χ1v) is 7.05. The predicted octanol–water partition coefficient (Wildman–Crippen LogP) is 3.12. The summed E-state index contributed by atoms with van der Waals surface area (Å²) < 4.78 is 13.2. The van der Waals surface area contributed by atoms with Gasteiger partial charge >= 0.3 is 5.69 Å². The molecule has 0 saturated heterocycles. The molecule has 2 amide bonds. The fourth-order valence-electron chi connectivity index (χ4n) is 1.72. The van der Waals surface area contributed by atoms with E-state index in [1.807, 2.05) is 5.43 Å². The van der Waals surface area contributed by atoms with Crippen molar-refractivity contribution in [1.29, 1.82) is 0 Å². The van der Waals surface area contributed by atoms with Crippen LogP contribution in [0.3, 0.4) is 0 Å². The molecule has 0 bridgehead atoms. The quantitative estimate of drug-likeness (QED) is 0.639. The molecule has 2 aromatic carbocycles. The number of hydrogen-bond acceptors (Lipinski definition) is 4. The van der Waals surface area contributed by atoms with Gasteiger partial charge in [0, 0.05) is 16.7 Å². The van der Waals surface area contributed by atoms with Crippen LogP contribution in [0.1, 0.15) is 20.7 Å². The number of nitro groups is 1. The highest BCUT2D eigenvalue weighted by Crippen LogP contribution is 2.20. The Balaban J connectivity index is 2.10. The number of carbonyl (C=O) groups is 2. The van der Waals surface area contributed by atoms with Gasteiger partial charge in [-0.3, -0.25) is 30.6 Å². The molecule has 0 atom stereocenters. The number of hydrazine groups is 1. The minimum absolute atomic E-state index is 0.0227. The number of nitrogens with zero attached hydrogens (tertiary/aromatic N) is 1. The van der Waals surface area contributed by atoms with Crippen LogP contribution in [0.5, 0.6) is 0 Å². The molecule has 7 nitrogen and oxygen atoms in total. The van der Waals surface area contributed by atoms with Gasteiger partial charge in [-0.05, 0) is 30.3 Å². The van der Waals surface area contributed by atoms with Gasteiger partial charge in [0.05, 0.1) is 15.5 Å². The van der Waals surface area contributed by atoms with Crippen LogP contribution in [0, 0.1) is 15.9 Å². The largest absolute Gasteiger partial charge is 0.305 e. The highest BCUT2D eigenvalue weighted by molar-refractivity contribution is 6.35. The summed E-state index contributed by atoms with van der Waals surface area (Å²) in [6.07, 6.45) is 0. The number of halogens is 3. The Hall–Kier alpha value is -2.71. The van der Waals surface area contributed by atoms with Crippen molar-refractivity contribution in [2.45, 2.75) is 0 Å². The summed E-state index contributed by atoms with van der Waals surface area (Å²) in [6, 6.07) is 6.76. The van der Waals surface area contributed by atoms with Gasteiger partial charge in [0.2, 0.25) is 5.82 Å². The lowest BCUT2D eigenvalue weighted by Gasteiger charge is -2.09. The van der Waals surface area contributed by atoms with Crippen molar-refractivity contribution in [3.63, 3.8) is 0 Å². The second-order valence-corrected chi connectivity index (χ2v) is 5.30. The lowest BCUT2D eigenvalue weighted by molar-refractivity contribution is -0.387. The highest BCUT2D eigenvalue weighted by atomic mass is 35.5. The fourth-order valence-corrected chi connectivity index (χ4v) is 2.09. The summed E-state index contributed by atoms with van der Waals surface area (Å²) >= 11 is 11.6. The Morgan fingerprint density at radius 3 is 2.38 bits per heavy atom. The van der Waals surface area contributed by atoms with Crippen LogP contribution in [0.4, 0.5) is 10.1 Å². The minimum Gasteiger partial charge on any atom is -0.267 e. The summed E-state index contributed by atoms with van der Waals surface area (Å²) in [5.41, 5.74) is 3.09. The zero-order valence-electron chi connectivity index (χ0n) is 11.7. The van der Waals surface area contributed by atoms with Crippen LogP contribution in [-0.2, 0) is 0 Å². The smallest absolute Gasteiger partial charge is 0.267 e. The Bertz CT molecular complexity index is 845. The summed E-state index contributed by atoms with van der Waals surface area (Å²) in [6.45, 7) is 0. The summed E-state index contributed by atoms with van der Waals surface area (Å²) in [5, 5.41) is 11.0. The lowest BCUT2D eigenvalue weighted by atomic mass is 10.2. The number of rotatable bonds is 3. The maximum atomic E-state index is 13.2. The molecule has 0 aliphatic rings. The topological polar surface area (TPSA) is 101 Å². The maximum Gasteiger partial charge on any atom is 0.305 e. The summed E-state index contributed by atoms with van der Waals surface area (Å²) in [7, 11) is 0. The Labute approximate surface area is 144 Å². The summed E-state index contributed by atoms with van der Waals surface area (Å²) in [4.78, 5) is 33.5. The van der Waals surface area contributed by atoms with Crippen LogP contribution in [0.15, 0.2) is 36.4 Å². The molecular formula is C14H8Cl2FN3O4. The minimum atomic E-state index is -1.08. The SMILES string of the molecule is O=C(NNC(=O)c1cc(Cl)ccc1Cl)c1ccc(F)c([N+](=O)[O-])c1. The van der Waals surface area contributed by atoms with Crippen LogP contribution in [0.25, 0.3) is 0 Å². The van der Waals surface area contributed by atoms with E-state index >= 15 is 0 Å². The van der Waals surface area contributed by atoms with Gasteiger partial charge in [-0.2, -0.15) is 4.39 Å². The molecule has 0 fully saturated rings. The molecule has 0 radical (unpaired) electrons. The molecule has 24 heavy (non-hydrogen) atoms. The molecular weight excluding hydrogens is 364 g/mol. The molecule has 0 aromatic heterocycles. The van der Waals surface area contributed by atoms with Crippen LogP contribution in [0.2, 0.25) is 10.0 Å². The number of carbonyl (C=O) groups excluding carboxylic acids is 2. The number of nitrogens with one attached hydrogen (secondary N) is 2. The Morgan fingerprint density at radius 2 is 1.71 bits per heavy atom. The average molecular weight is 372 g/mol. The average Bonchev–Trinajstić information content (AvgIpc) is 2.54. The molecule has 0 saturated carbocycles. The molecule has 0 heterocycles. The van der Waals surface area contributed by atoms with E-state index in [2.05, 4.69) is 5.43 Å². The standard InChI is InChI=1S/C14H8Cl2FN3O4/c15-8-2-3-10(16)9(6-8)14(22)19-18-13(21)7-1-4-11(17)12(5-7)20(23)24/h1-6H,(H,18,21)(H,19,22). The van der Waals surface area contributed by atoms with Gasteiger partial charge in [-0.15, -0.1) is 0 Å². The normalized spacial score (nSPS) is 10.1. The molecule has 2 aromatic rings. The fraction of sp³-hybridized carbons (Fsp3) is 0. The second kappa shape index (κ2) is 7.24. The molecule has 0 spiro atoms. The lowest BCUT2D eigenvalue weighted by Crippen LogP contribution is -2.41. The number of benzene rings is 2. The number of nitro benzene ring substituents is 1. The molecule has 2 rings (SSSR count). The molecule has 124 valence electrons. The van der Waals surface area contributed by atoms with Crippen molar-refractivity contribution >= 4 is 40.7 Å². The Morgan fingerprint density at radius 1 is 1.04 bits per heavy atom. The van der Waals surface area contributed by atoms with Crippen LogP contribution >= 0.6 is 23.2 Å². The first-order chi connectivity index (χ1) is 11.3. The molecule has 10 heteroatoms. The third-order valence-corrected chi connectivity index (χ3v) is 3.43. The van der Waals surface area contributed by atoms with Gasteiger partial charge in [-0.25, -0.2) is 0 Å². The molecule has 0 aliphatic heterocycles. The van der Waals surface area contributed by atoms with Crippen molar-refractivity contribution in [3.05, 3.63) is 73.5 Å². The van der Waals surface area contributed by atoms with Gasteiger partial charge in [0.25, 0.3) is 11.8 Å². The monoisotopic (exact) mass is 371 g/mol. The van der Waals surface area contributed by atoms with Crippen molar-refractivity contribution in [3.8, 4) is 0 Å². The van der Waals surface area contributed by atoms with Crippen LogP contribution in [-0.4, -0.2) is 16.7 Å². The second-order valence-electron chi connectivity index (χ2n) is 4.46. The van der Waals surface area contributed by atoms with E-state index in [0.29, 0.717) is 0 Å². The van der Waals surface area contributed by atoms with Crippen LogP contribution < -0.4 is 10.9 Å². The van der Waals surface area contributed by atoms with E-state index in [-0.39, 0.29) is 21.2 Å². The van der Waals surface area contributed by atoms with E-state index in [4.69, 9.17) is 23.2 Å². The number of amides is 2. The van der Waals surface area contributed by atoms with E-state index in [1.165, 1.54) is 18.2 Å². The zero-order valence-corrected chi connectivity index (χ0v) is 13.2. The van der Waals surface area contributed by atoms with E-state index < -0.39 is 28.2 Å². The van der Waals surface area contributed by atoms with Gasteiger partial charge in [0.1, 0.15) is 0 Å². The van der Waals surface area contributed by atoms with Gasteiger partial charge < -0.3 is 0 Å².